The molecule has 0 unspecified atom stereocenters. The van der Waals surface area contributed by atoms with Gasteiger partial charge in [-0.3, -0.25) is 0 Å². The zero-order valence-electron chi connectivity index (χ0n) is 9.43. The molecule has 0 saturated carbocycles. The third kappa shape index (κ3) is 4.46. The molecule has 0 aliphatic rings. The minimum atomic E-state index is -3.04. The highest BCUT2D eigenvalue weighted by Gasteiger charge is 2.23. The molecule has 0 atom stereocenters. The van der Waals surface area contributed by atoms with Gasteiger partial charge in [-0.25, -0.2) is 8.42 Å². The highest BCUT2D eigenvalue weighted by Crippen LogP contribution is 2.22. The zero-order valence-corrected chi connectivity index (χ0v) is 10.2. The molecule has 0 bridgehead atoms. The van der Waals surface area contributed by atoms with Crippen LogP contribution in [0.3, 0.4) is 0 Å². The van der Waals surface area contributed by atoms with Gasteiger partial charge in [-0.15, -0.1) is 0 Å². The maximum Gasteiger partial charge on any atom is 0.174 e. The molecule has 0 aliphatic heterocycles. The Morgan fingerprint density at radius 3 is 1.69 bits per heavy atom. The summed E-state index contributed by atoms with van der Waals surface area (Å²) in [4.78, 5) is 0.516. The third-order valence-corrected chi connectivity index (χ3v) is 4.38. The number of hydrogen-bond donors (Lipinski definition) is 0. The third-order valence-electron chi connectivity index (χ3n) is 1.79. The van der Waals surface area contributed by atoms with E-state index >= 15 is 0 Å². The predicted octanol–water partition coefficient (Wildman–Crippen LogP) is 2.76. The molecule has 0 fully saturated rings. The number of rotatable bonds is 2. The summed E-state index contributed by atoms with van der Waals surface area (Å²) in [5.41, 5.74) is 0.708. The minimum absolute atomic E-state index is 0.171. The van der Waals surface area contributed by atoms with E-state index in [1.165, 1.54) is 0 Å². The maximum absolute atomic E-state index is 11.7. The van der Waals surface area contributed by atoms with E-state index in [-0.39, 0.29) is 11.2 Å². The fourth-order valence-corrected chi connectivity index (χ4v) is 2.97. The van der Waals surface area contributed by atoms with Crippen LogP contribution in [0.15, 0.2) is 10.5 Å². The summed E-state index contributed by atoms with van der Waals surface area (Å²) < 4.78 is 23.5. The summed E-state index contributed by atoms with van der Waals surface area (Å²) >= 11 is 0. The van der Waals surface area contributed by atoms with Crippen molar-refractivity contribution in [2.45, 2.75) is 41.5 Å². The largest absolute Gasteiger partial charge is 0.224 e. The van der Waals surface area contributed by atoms with E-state index in [2.05, 4.69) is 0 Å². The second kappa shape index (κ2) is 3.82. The first-order valence-electron chi connectivity index (χ1n) is 4.43. The summed E-state index contributed by atoms with van der Waals surface area (Å²) in [6, 6.07) is 0. The lowest BCUT2D eigenvalue weighted by molar-refractivity contribution is 0.463. The van der Waals surface area contributed by atoms with Gasteiger partial charge >= 0.3 is 0 Å². The van der Waals surface area contributed by atoms with Gasteiger partial charge in [0.05, 0.1) is 5.75 Å². The molecule has 0 N–H and O–H groups in total. The van der Waals surface area contributed by atoms with Crippen LogP contribution >= 0.6 is 0 Å². The summed E-state index contributed by atoms with van der Waals surface area (Å²) in [5.74, 6) is 0.219. The lowest BCUT2D eigenvalue weighted by Gasteiger charge is -2.18. The van der Waals surface area contributed by atoms with Crippen LogP contribution in [0.4, 0.5) is 0 Å². The Morgan fingerprint density at radius 1 is 1.08 bits per heavy atom. The quantitative estimate of drug-likeness (QED) is 0.693. The summed E-state index contributed by atoms with van der Waals surface area (Å²) in [6.07, 6.45) is 0. The van der Waals surface area contributed by atoms with Crippen molar-refractivity contribution in [2.75, 3.05) is 5.75 Å². The van der Waals surface area contributed by atoms with Gasteiger partial charge in [0.25, 0.3) is 0 Å². The fourth-order valence-electron chi connectivity index (χ4n) is 0.989. The molecule has 2 nitrogen and oxygen atoms in total. The lowest BCUT2D eigenvalue weighted by atomic mass is 10.0. The predicted molar refractivity (Wildman–Crippen MR) is 57.3 cm³/mol. The van der Waals surface area contributed by atoms with Crippen molar-refractivity contribution in [1.82, 2.24) is 0 Å². The van der Waals surface area contributed by atoms with Crippen molar-refractivity contribution < 1.29 is 8.42 Å². The van der Waals surface area contributed by atoms with Gasteiger partial charge in [0, 0.05) is 4.91 Å². The first kappa shape index (κ1) is 12.7. The summed E-state index contributed by atoms with van der Waals surface area (Å²) in [7, 11) is -3.04. The van der Waals surface area contributed by atoms with E-state index in [1.807, 2.05) is 34.6 Å². The first-order chi connectivity index (χ1) is 5.56. The average Bonchev–Trinajstić information content (AvgIpc) is 1.80. The van der Waals surface area contributed by atoms with Crippen molar-refractivity contribution in [1.29, 1.82) is 0 Å². The van der Waals surface area contributed by atoms with Crippen molar-refractivity contribution >= 4 is 9.84 Å². The van der Waals surface area contributed by atoms with E-state index in [4.69, 9.17) is 0 Å². The topological polar surface area (TPSA) is 34.1 Å². The molecule has 0 aromatic carbocycles. The molecule has 0 heterocycles. The van der Waals surface area contributed by atoms with Gasteiger partial charge in [-0.05, 0) is 26.2 Å². The number of hydrogen-bond acceptors (Lipinski definition) is 2. The molecule has 0 amide bonds. The molecular formula is C10H20O2S. The highest BCUT2D eigenvalue weighted by atomic mass is 32.2. The molecule has 0 aromatic rings. The van der Waals surface area contributed by atoms with Gasteiger partial charge < -0.3 is 0 Å². The van der Waals surface area contributed by atoms with Crippen LogP contribution in [0, 0.1) is 5.41 Å². The molecule has 3 heteroatoms. The van der Waals surface area contributed by atoms with Gasteiger partial charge in [-0.2, -0.15) is 0 Å². The maximum atomic E-state index is 11.7. The second-order valence-electron chi connectivity index (χ2n) is 4.88. The summed E-state index contributed by atoms with van der Waals surface area (Å²) in [5, 5.41) is 0. The minimum Gasteiger partial charge on any atom is -0.224 e. The molecule has 0 spiro atoms. The van der Waals surface area contributed by atoms with E-state index < -0.39 is 9.84 Å². The van der Waals surface area contributed by atoms with Crippen molar-refractivity contribution in [3.8, 4) is 0 Å². The fraction of sp³-hybridized carbons (Fsp3) is 0.800. The Bertz CT molecular complexity index is 298. The lowest BCUT2D eigenvalue weighted by Crippen LogP contribution is -2.21. The summed E-state index contributed by atoms with van der Waals surface area (Å²) in [6.45, 7) is 11.1. The average molecular weight is 204 g/mol. The molecule has 0 radical (unpaired) electrons. The molecule has 0 aromatic heterocycles. The molecular weight excluding hydrogens is 184 g/mol. The van der Waals surface area contributed by atoms with E-state index in [9.17, 15) is 8.42 Å². The van der Waals surface area contributed by atoms with Gasteiger partial charge in [0.1, 0.15) is 0 Å². The molecule has 13 heavy (non-hydrogen) atoms. The standard InChI is InChI=1S/C10H20O2S/c1-8(2)9(3)13(11,12)7-10(4,5)6/h7H2,1-6H3. The number of sulfone groups is 1. The smallest absolute Gasteiger partial charge is 0.174 e. The normalized spacial score (nSPS) is 12.8. The van der Waals surface area contributed by atoms with Gasteiger partial charge in [0.15, 0.2) is 9.84 Å². The SMILES string of the molecule is CC(C)=C(C)S(=O)(=O)CC(C)(C)C. The van der Waals surface area contributed by atoms with Crippen molar-refractivity contribution in [2.24, 2.45) is 5.41 Å². The zero-order chi connectivity index (χ0) is 10.9. The Labute approximate surface area is 82.0 Å². The first-order valence-corrected chi connectivity index (χ1v) is 6.08. The Hall–Kier alpha value is -0.310. The van der Waals surface area contributed by atoms with E-state index in [0.29, 0.717) is 4.91 Å². The van der Waals surface area contributed by atoms with Crippen molar-refractivity contribution in [3.63, 3.8) is 0 Å². The van der Waals surface area contributed by atoms with Crippen LogP contribution in [-0.4, -0.2) is 14.2 Å². The van der Waals surface area contributed by atoms with Crippen LogP contribution in [0.1, 0.15) is 41.5 Å². The van der Waals surface area contributed by atoms with Crippen LogP contribution in [0.25, 0.3) is 0 Å². The van der Waals surface area contributed by atoms with Crippen LogP contribution in [0.2, 0.25) is 0 Å². The number of allylic oxidation sites excluding steroid dienone is 2. The van der Waals surface area contributed by atoms with Gasteiger partial charge in [0.2, 0.25) is 0 Å². The van der Waals surface area contributed by atoms with Crippen LogP contribution < -0.4 is 0 Å². The molecule has 0 rings (SSSR count). The molecule has 0 aliphatic carbocycles. The van der Waals surface area contributed by atoms with Crippen LogP contribution in [0.5, 0.6) is 0 Å². The van der Waals surface area contributed by atoms with Crippen molar-refractivity contribution in [3.05, 3.63) is 10.5 Å². The second-order valence-corrected chi connectivity index (χ2v) is 7.01. The monoisotopic (exact) mass is 204 g/mol. The van der Waals surface area contributed by atoms with E-state index in [0.717, 1.165) is 5.57 Å². The van der Waals surface area contributed by atoms with Gasteiger partial charge in [-0.1, -0.05) is 26.3 Å². The Kier molecular flexibility index (Phi) is 3.73. The molecule has 0 saturated heterocycles. The van der Waals surface area contributed by atoms with Crippen LogP contribution in [-0.2, 0) is 9.84 Å². The Balaban J connectivity index is 4.94. The van der Waals surface area contributed by atoms with E-state index in [1.54, 1.807) is 6.92 Å². The highest BCUT2D eigenvalue weighted by molar-refractivity contribution is 7.95. The Morgan fingerprint density at radius 2 is 1.46 bits per heavy atom. The molecule has 78 valence electrons.